The van der Waals surface area contributed by atoms with Crippen molar-refractivity contribution < 1.29 is 24.1 Å². The largest absolute Gasteiger partial charge is 0.465 e. The highest BCUT2D eigenvalue weighted by atomic mass is 17.2. The average molecular weight is 279 g/mol. The second-order valence-corrected chi connectivity index (χ2v) is 4.60. The van der Waals surface area contributed by atoms with E-state index < -0.39 is 12.1 Å². The maximum atomic E-state index is 11.7. The van der Waals surface area contributed by atoms with Crippen molar-refractivity contribution in [3.05, 3.63) is 29.3 Å². The lowest BCUT2D eigenvalue weighted by atomic mass is 10.1. The molecule has 0 bridgehead atoms. The number of ether oxygens (including phenoxy) is 1. The molecule has 0 aromatic heterocycles. The molecule has 1 aromatic rings. The number of hydrogen-bond donors (Lipinski definition) is 0. The third kappa shape index (κ3) is 3.20. The Balaban J connectivity index is 1.96. The van der Waals surface area contributed by atoms with Crippen LogP contribution in [0.5, 0.6) is 5.75 Å². The van der Waals surface area contributed by atoms with Gasteiger partial charge in [-0.2, -0.15) is 0 Å². The lowest BCUT2D eigenvalue weighted by Crippen LogP contribution is -2.29. The number of aryl methyl sites for hydroxylation is 1. The minimum absolute atomic E-state index is 0.394. The van der Waals surface area contributed by atoms with E-state index in [2.05, 4.69) is 4.74 Å². The van der Waals surface area contributed by atoms with Gasteiger partial charge >= 0.3 is 12.1 Å². The van der Waals surface area contributed by atoms with Gasteiger partial charge in [-0.25, -0.2) is 14.5 Å². The zero-order chi connectivity index (χ0) is 14.5. The molecule has 2 rings (SSSR count). The van der Waals surface area contributed by atoms with E-state index in [1.807, 2.05) is 0 Å². The Bertz CT molecular complexity index is 508. The Morgan fingerprint density at radius 2 is 1.90 bits per heavy atom. The van der Waals surface area contributed by atoms with Gasteiger partial charge in [-0.3, -0.25) is 4.89 Å². The topological polar surface area (TPSA) is 65.1 Å². The summed E-state index contributed by atoms with van der Waals surface area (Å²) in [7, 11) is 1.32. The number of carbonyl (C=O) groups is 2. The van der Waals surface area contributed by atoms with E-state index in [-0.39, 0.29) is 0 Å². The fourth-order valence-electron chi connectivity index (χ4n) is 2.02. The van der Waals surface area contributed by atoms with Crippen LogP contribution >= 0.6 is 0 Å². The van der Waals surface area contributed by atoms with Gasteiger partial charge in [-0.15, -0.1) is 0 Å². The summed E-state index contributed by atoms with van der Waals surface area (Å²) in [6.45, 7) is 3.15. The minimum Gasteiger partial charge on any atom is -0.465 e. The zero-order valence-corrected chi connectivity index (χ0v) is 11.5. The zero-order valence-electron chi connectivity index (χ0n) is 11.5. The van der Waals surface area contributed by atoms with E-state index in [1.54, 1.807) is 30.0 Å². The molecule has 0 aliphatic carbocycles. The van der Waals surface area contributed by atoms with Gasteiger partial charge in [0, 0.05) is 13.1 Å². The van der Waals surface area contributed by atoms with Crippen LogP contribution in [0.25, 0.3) is 0 Å². The number of carbonyl (C=O) groups excluding carboxylic acids is 2. The van der Waals surface area contributed by atoms with Crippen molar-refractivity contribution in [1.82, 2.24) is 4.90 Å². The molecule has 0 unspecified atom stereocenters. The molecular formula is C14H17NO5. The monoisotopic (exact) mass is 279 g/mol. The third-order valence-corrected chi connectivity index (χ3v) is 3.16. The molecule has 1 amide bonds. The standard InChI is InChI=1S/C14H17NO5/c1-10-9-11(13(16)18-2)5-6-12(10)19-20-14(17)15-7-3-4-8-15/h5-6,9H,3-4,7-8H2,1-2H3. The van der Waals surface area contributed by atoms with Crippen LogP contribution in [0.4, 0.5) is 4.79 Å². The first-order valence-corrected chi connectivity index (χ1v) is 6.44. The van der Waals surface area contributed by atoms with Gasteiger partial charge in [-0.05, 0) is 43.5 Å². The van der Waals surface area contributed by atoms with Crippen LogP contribution in [0.15, 0.2) is 18.2 Å². The number of rotatable bonds is 3. The molecule has 1 aliphatic rings. The number of methoxy groups -OCH3 is 1. The predicted octanol–water partition coefficient (Wildman–Crippen LogP) is 2.31. The highest BCUT2D eigenvalue weighted by Crippen LogP contribution is 2.20. The van der Waals surface area contributed by atoms with Crippen LogP contribution in [0.2, 0.25) is 0 Å². The molecule has 0 spiro atoms. The van der Waals surface area contributed by atoms with Crippen LogP contribution in [0.1, 0.15) is 28.8 Å². The first-order chi connectivity index (χ1) is 9.61. The van der Waals surface area contributed by atoms with Gasteiger partial charge in [0.05, 0.1) is 12.7 Å². The molecule has 0 saturated carbocycles. The van der Waals surface area contributed by atoms with E-state index >= 15 is 0 Å². The smallest absolute Gasteiger partial charge is 0.452 e. The van der Waals surface area contributed by atoms with E-state index in [0.717, 1.165) is 12.8 Å². The Morgan fingerprint density at radius 3 is 2.50 bits per heavy atom. The van der Waals surface area contributed by atoms with Crippen molar-refractivity contribution >= 4 is 12.1 Å². The summed E-state index contributed by atoms with van der Waals surface area (Å²) in [6.07, 6.45) is 1.49. The van der Waals surface area contributed by atoms with Crippen LogP contribution in [-0.4, -0.2) is 37.2 Å². The average Bonchev–Trinajstić information content (AvgIpc) is 2.99. The van der Waals surface area contributed by atoms with Gasteiger partial charge in [0.2, 0.25) is 0 Å². The number of esters is 1. The number of nitrogens with zero attached hydrogens (tertiary/aromatic N) is 1. The Hall–Kier alpha value is -2.24. The Labute approximate surface area is 117 Å². The van der Waals surface area contributed by atoms with Crippen molar-refractivity contribution in [2.45, 2.75) is 19.8 Å². The second-order valence-electron chi connectivity index (χ2n) is 4.60. The van der Waals surface area contributed by atoms with Gasteiger partial charge in [0.15, 0.2) is 5.75 Å². The lowest BCUT2D eigenvalue weighted by Gasteiger charge is -2.14. The number of benzene rings is 1. The molecule has 20 heavy (non-hydrogen) atoms. The molecule has 0 N–H and O–H groups in total. The lowest BCUT2D eigenvalue weighted by molar-refractivity contribution is -0.153. The molecule has 1 saturated heterocycles. The number of likely N-dealkylation sites (tertiary alicyclic amines) is 1. The first kappa shape index (κ1) is 14.2. The van der Waals surface area contributed by atoms with E-state index in [4.69, 9.17) is 9.78 Å². The van der Waals surface area contributed by atoms with Gasteiger partial charge in [0.1, 0.15) is 0 Å². The molecule has 6 nitrogen and oxygen atoms in total. The van der Waals surface area contributed by atoms with Crippen molar-refractivity contribution in [1.29, 1.82) is 0 Å². The maximum Gasteiger partial charge on any atom is 0.452 e. The van der Waals surface area contributed by atoms with Gasteiger partial charge in [0.25, 0.3) is 0 Å². The summed E-state index contributed by atoms with van der Waals surface area (Å²) < 4.78 is 4.63. The highest BCUT2D eigenvalue weighted by Gasteiger charge is 2.21. The highest BCUT2D eigenvalue weighted by molar-refractivity contribution is 5.89. The summed E-state index contributed by atoms with van der Waals surface area (Å²) >= 11 is 0. The SMILES string of the molecule is COC(=O)c1ccc(OOC(=O)N2CCCC2)c(C)c1. The Kier molecular flexibility index (Phi) is 4.45. The number of hydrogen-bond acceptors (Lipinski definition) is 5. The van der Waals surface area contributed by atoms with Crippen molar-refractivity contribution in [3.8, 4) is 5.75 Å². The molecular weight excluding hydrogens is 262 g/mol. The maximum absolute atomic E-state index is 11.7. The first-order valence-electron chi connectivity index (χ1n) is 6.44. The molecule has 0 atom stereocenters. The molecule has 1 heterocycles. The minimum atomic E-state index is -0.487. The van der Waals surface area contributed by atoms with E-state index in [0.29, 0.717) is 30.0 Å². The summed E-state index contributed by atoms with van der Waals surface area (Å²) in [6, 6.07) is 4.74. The third-order valence-electron chi connectivity index (χ3n) is 3.16. The molecule has 1 aliphatic heterocycles. The predicted molar refractivity (Wildman–Crippen MR) is 70.4 cm³/mol. The quantitative estimate of drug-likeness (QED) is 0.482. The van der Waals surface area contributed by atoms with Crippen LogP contribution < -0.4 is 4.89 Å². The summed E-state index contributed by atoms with van der Waals surface area (Å²) in [4.78, 5) is 34.4. The van der Waals surface area contributed by atoms with E-state index in [9.17, 15) is 9.59 Å². The summed E-state index contributed by atoms with van der Waals surface area (Å²) in [5, 5.41) is 0. The van der Waals surface area contributed by atoms with Gasteiger partial charge < -0.3 is 9.64 Å². The summed E-state index contributed by atoms with van der Waals surface area (Å²) in [5.74, 6) is -0.0288. The van der Waals surface area contributed by atoms with Crippen LogP contribution in [0, 0.1) is 6.92 Å². The van der Waals surface area contributed by atoms with Crippen molar-refractivity contribution in [3.63, 3.8) is 0 Å². The van der Waals surface area contributed by atoms with Crippen molar-refractivity contribution in [2.24, 2.45) is 0 Å². The van der Waals surface area contributed by atoms with Crippen LogP contribution in [0.3, 0.4) is 0 Å². The molecule has 108 valence electrons. The van der Waals surface area contributed by atoms with E-state index in [1.165, 1.54) is 7.11 Å². The van der Waals surface area contributed by atoms with Crippen LogP contribution in [-0.2, 0) is 9.62 Å². The Morgan fingerprint density at radius 1 is 1.20 bits per heavy atom. The normalized spacial score (nSPS) is 14.0. The molecule has 1 aromatic carbocycles. The fourth-order valence-corrected chi connectivity index (χ4v) is 2.02. The summed E-state index contributed by atoms with van der Waals surface area (Å²) in [5.41, 5.74) is 1.10. The fraction of sp³-hybridized carbons (Fsp3) is 0.429. The molecule has 6 heteroatoms. The number of amides is 1. The van der Waals surface area contributed by atoms with Crippen molar-refractivity contribution in [2.75, 3.05) is 20.2 Å². The second kappa shape index (κ2) is 6.27. The van der Waals surface area contributed by atoms with Gasteiger partial charge in [-0.1, -0.05) is 0 Å². The molecule has 0 radical (unpaired) electrons. The molecule has 1 fully saturated rings.